The predicted octanol–water partition coefficient (Wildman–Crippen LogP) is 2.28. The molecule has 5 heteroatoms. The van der Waals surface area contributed by atoms with Crippen LogP contribution in [0.25, 0.3) is 0 Å². The largest absolute Gasteiger partial charge is 0.392 e. The van der Waals surface area contributed by atoms with Crippen molar-refractivity contribution in [2.75, 3.05) is 10.6 Å². The molecule has 1 aromatic carbocycles. The van der Waals surface area contributed by atoms with Gasteiger partial charge in [0.2, 0.25) is 5.91 Å². The Labute approximate surface area is 111 Å². The molecular formula is C14H15N3O2. The second-order valence-corrected chi connectivity index (χ2v) is 4.06. The first kappa shape index (κ1) is 13.0. The average molecular weight is 257 g/mol. The number of carbonyl (C=O) groups excluding carboxylic acids is 1. The van der Waals surface area contributed by atoms with Crippen LogP contribution in [0.3, 0.4) is 0 Å². The van der Waals surface area contributed by atoms with Crippen molar-refractivity contribution in [3.8, 4) is 0 Å². The van der Waals surface area contributed by atoms with Gasteiger partial charge in [0.1, 0.15) is 5.82 Å². The Balaban J connectivity index is 2.21. The molecule has 19 heavy (non-hydrogen) atoms. The quantitative estimate of drug-likeness (QED) is 0.785. The third kappa shape index (κ3) is 3.53. The number of benzene rings is 1. The zero-order chi connectivity index (χ0) is 13.7. The van der Waals surface area contributed by atoms with Crippen molar-refractivity contribution in [2.24, 2.45) is 0 Å². The summed E-state index contributed by atoms with van der Waals surface area (Å²) in [7, 11) is 0. The molecule has 98 valence electrons. The number of anilines is 3. The summed E-state index contributed by atoms with van der Waals surface area (Å²) in [5, 5.41) is 15.1. The van der Waals surface area contributed by atoms with E-state index in [4.69, 9.17) is 0 Å². The zero-order valence-electron chi connectivity index (χ0n) is 10.6. The third-order valence-electron chi connectivity index (χ3n) is 2.51. The summed E-state index contributed by atoms with van der Waals surface area (Å²) in [5.41, 5.74) is 2.21. The van der Waals surface area contributed by atoms with Crippen molar-refractivity contribution in [1.29, 1.82) is 0 Å². The maximum Gasteiger partial charge on any atom is 0.221 e. The van der Waals surface area contributed by atoms with Gasteiger partial charge in [0.05, 0.1) is 6.61 Å². The number of nitrogens with one attached hydrogen (secondary N) is 2. The van der Waals surface area contributed by atoms with Gasteiger partial charge < -0.3 is 15.7 Å². The van der Waals surface area contributed by atoms with Gasteiger partial charge in [-0.15, -0.1) is 0 Å². The van der Waals surface area contributed by atoms with Crippen molar-refractivity contribution in [3.05, 3.63) is 48.2 Å². The molecule has 0 bridgehead atoms. The molecule has 0 fully saturated rings. The molecule has 1 heterocycles. The Morgan fingerprint density at radius 2 is 2.05 bits per heavy atom. The van der Waals surface area contributed by atoms with E-state index in [9.17, 15) is 9.90 Å². The van der Waals surface area contributed by atoms with Crippen LogP contribution >= 0.6 is 0 Å². The SMILES string of the molecule is CC(=O)Nc1cccc(Nc2ncccc2CO)c1. The van der Waals surface area contributed by atoms with Crippen LogP contribution in [0.4, 0.5) is 17.2 Å². The van der Waals surface area contributed by atoms with Crippen LogP contribution in [-0.4, -0.2) is 16.0 Å². The van der Waals surface area contributed by atoms with Gasteiger partial charge in [0.15, 0.2) is 0 Å². The molecule has 0 saturated carbocycles. The van der Waals surface area contributed by atoms with E-state index in [1.807, 2.05) is 12.1 Å². The van der Waals surface area contributed by atoms with E-state index in [1.54, 1.807) is 30.5 Å². The van der Waals surface area contributed by atoms with Crippen LogP contribution in [0.1, 0.15) is 12.5 Å². The summed E-state index contributed by atoms with van der Waals surface area (Å²) in [6, 6.07) is 10.9. The standard InChI is InChI=1S/C14H15N3O2/c1-10(19)16-12-5-2-6-13(8-12)17-14-11(9-18)4-3-7-15-14/h2-8,18H,9H2,1H3,(H,15,17)(H,16,19). The molecule has 0 spiro atoms. The number of aromatic nitrogens is 1. The lowest BCUT2D eigenvalue weighted by atomic mass is 10.2. The first-order valence-corrected chi connectivity index (χ1v) is 5.88. The van der Waals surface area contributed by atoms with Crippen molar-refractivity contribution < 1.29 is 9.90 Å². The summed E-state index contributed by atoms with van der Waals surface area (Å²) >= 11 is 0. The van der Waals surface area contributed by atoms with Crippen LogP contribution in [0.15, 0.2) is 42.6 Å². The highest BCUT2D eigenvalue weighted by Crippen LogP contribution is 2.21. The lowest BCUT2D eigenvalue weighted by Gasteiger charge is -2.10. The zero-order valence-corrected chi connectivity index (χ0v) is 10.6. The van der Waals surface area contributed by atoms with Crippen LogP contribution in [0, 0.1) is 0 Å². The van der Waals surface area contributed by atoms with E-state index >= 15 is 0 Å². The van der Waals surface area contributed by atoms with E-state index in [1.165, 1.54) is 6.92 Å². The molecule has 0 saturated heterocycles. The minimum Gasteiger partial charge on any atom is -0.392 e. The minimum absolute atomic E-state index is 0.0818. The van der Waals surface area contributed by atoms with Gasteiger partial charge in [-0.3, -0.25) is 4.79 Å². The maximum atomic E-state index is 11.0. The summed E-state index contributed by atoms with van der Waals surface area (Å²) in [4.78, 5) is 15.2. The van der Waals surface area contributed by atoms with Crippen LogP contribution in [-0.2, 0) is 11.4 Å². The third-order valence-corrected chi connectivity index (χ3v) is 2.51. The number of nitrogens with zero attached hydrogens (tertiary/aromatic N) is 1. The number of carbonyl (C=O) groups is 1. The first-order chi connectivity index (χ1) is 9.19. The molecule has 2 rings (SSSR count). The molecule has 5 nitrogen and oxygen atoms in total. The summed E-state index contributed by atoms with van der Waals surface area (Å²) in [6.45, 7) is 1.38. The highest BCUT2D eigenvalue weighted by atomic mass is 16.3. The van der Waals surface area contributed by atoms with Gasteiger partial charge >= 0.3 is 0 Å². The summed E-state index contributed by atoms with van der Waals surface area (Å²) < 4.78 is 0. The lowest BCUT2D eigenvalue weighted by molar-refractivity contribution is -0.114. The van der Waals surface area contributed by atoms with Crippen molar-refractivity contribution >= 4 is 23.1 Å². The van der Waals surface area contributed by atoms with Gasteiger partial charge in [-0.1, -0.05) is 12.1 Å². The Hall–Kier alpha value is -2.40. The van der Waals surface area contributed by atoms with E-state index < -0.39 is 0 Å². The molecular weight excluding hydrogens is 242 g/mol. The second-order valence-electron chi connectivity index (χ2n) is 4.06. The lowest BCUT2D eigenvalue weighted by Crippen LogP contribution is -2.06. The fraction of sp³-hybridized carbons (Fsp3) is 0.143. The number of amides is 1. The van der Waals surface area contributed by atoms with Gasteiger partial charge in [0.25, 0.3) is 0 Å². The smallest absolute Gasteiger partial charge is 0.221 e. The molecule has 3 N–H and O–H groups in total. The molecule has 0 aliphatic rings. The molecule has 0 atom stereocenters. The fourth-order valence-corrected chi connectivity index (χ4v) is 1.69. The van der Waals surface area contributed by atoms with Gasteiger partial charge in [0, 0.05) is 30.1 Å². The Morgan fingerprint density at radius 1 is 1.26 bits per heavy atom. The van der Waals surface area contributed by atoms with E-state index in [0.717, 1.165) is 5.69 Å². The van der Waals surface area contributed by atoms with E-state index in [0.29, 0.717) is 17.1 Å². The number of hydrogen-bond donors (Lipinski definition) is 3. The second kappa shape index (κ2) is 5.97. The summed E-state index contributed by atoms with van der Waals surface area (Å²) in [5.74, 6) is 0.482. The molecule has 0 radical (unpaired) electrons. The Bertz CT molecular complexity index is 584. The normalized spacial score (nSPS) is 10.0. The van der Waals surface area contributed by atoms with Gasteiger partial charge in [-0.05, 0) is 24.3 Å². The highest BCUT2D eigenvalue weighted by molar-refractivity contribution is 5.89. The maximum absolute atomic E-state index is 11.0. The van der Waals surface area contributed by atoms with Crippen molar-refractivity contribution in [3.63, 3.8) is 0 Å². The minimum atomic E-state index is -0.119. The Kier molecular flexibility index (Phi) is 4.10. The predicted molar refractivity (Wildman–Crippen MR) is 74.2 cm³/mol. The average Bonchev–Trinajstić information content (AvgIpc) is 2.39. The molecule has 1 amide bonds. The van der Waals surface area contributed by atoms with Crippen LogP contribution < -0.4 is 10.6 Å². The number of pyridine rings is 1. The number of rotatable bonds is 4. The monoisotopic (exact) mass is 257 g/mol. The molecule has 0 aliphatic carbocycles. The summed E-state index contributed by atoms with van der Waals surface area (Å²) in [6.07, 6.45) is 1.65. The van der Waals surface area contributed by atoms with E-state index in [2.05, 4.69) is 15.6 Å². The number of aliphatic hydroxyl groups is 1. The topological polar surface area (TPSA) is 74.2 Å². The van der Waals surface area contributed by atoms with Crippen molar-refractivity contribution in [1.82, 2.24) is 4.98 Å². The van der Waals surface area contributed by atoms with Crippen LogP contribution in [0.5, 0.6) is 0 Å². The number of hydrogen-bond acceptors (Lipinski definition) is 4. The number of aliphatic hydroxyl groups excluding tert-OH is 1. The van der Waals surface area contributed by atoms with Gasteiger partial charge in [-0.25, -0.2) is 4.98 Å². The molecule has 2 aromatic rings. The van der Waals surface area contributed by atoms with Crippen LogP contribution in [0.2, 0.25) is 0 Å². The highest BCUT2D eigenvalue weighted by Gasteiger charge is 2.03. The Morgan fingerprint density at radius 3 is 2.79 bits per heavy atom. The molecule has 1 aromatic heterocycles. The molecule has 0 unspecified atom stereocenters. The van der Waals surface area contributed by atoms with Crippen molar-refractivity contribution in [2.45, 2.75) is 13.5 Å². The van der Waals surface area contributed by atoms with E-state index in [-0.39, 0.29) is 12.5 Å². The fourth-order valence-electron chi connectivity index (χ4n) is 1.69. The first-order valence-electron chi connectivity index (χ1n) is 5.88. The molecule has 0 aliphatic heterocycles. The van der Waals surface area contributed by atoms with Gasteiger partial charge in [-0.2, -0.15) is 0 Å².